The first-order chi connectivity index (χ1) is 9.35. The van der Waals surface area contributed by atoms with E-state index in [4.69, 9.17) is 0 Å². The molecule has 0 aliphatic heterocycles. The maximum Gasteiger partial charge on any atom is 0.0187 e. The molecule has 0 aromatic heterocycles. The van der Waals surface area contributed by atoms with Crippen molar-refractivity contribution < 1.29 is 0 Å². The van der Waals surface area contributed by atoms with Crippen LogP contribution in [0.5, 0.6) is 0 Å². The van der Waals surface area contributed by atoms with Crippen molar-refractivity contribution in [3.63, 3.8) is 0 Å². The summed E-state index contributed by atoms with van der Waals surface area (Å²) < 4.78 is 0. The van der Waals surface area contributed by atoms with Gasteiger partial charge < -0.3 is 10.6 Å². The van der Waals surface area contributed by atoms with Crippen LogP contribution in [0.2, 0.25) is 0 Å². The molecule has 2 aliphatic carbocycles. The van der Waals surface area contributed by atoms with Crippen molar-refractivity contribution in [3.05, 3.63) is 35.9 Å². The molecule has 1 aromatic carbocycles. The van der Waals surface area contributed by atoms with E-state index in [-0.39, 0.29) is 5.54 Å². The molecule has 0 amide bonds. The van der Waals surface area contributed by atoms with Crippen LogP contribution in [-0.2, 0) is 0 Å². The van der Waals surface area contributed by atoms with Gasteiger partial charge in [0.2, 0.25) is 0 Å². The molecule has 2 aliphatic rings. The van der Waals surface area contributed by atoms with E-state index in [9.17, 15) is 0 Å². The van der Waals surface area contributed by atoms with Crippen molar-refractivity contribution in [2.24, 2.45) is 0 Å². The van der Waals surface area contributed by atoms with E-state index in [0.717, 1.165) is 5.92 Å². The molecule has 110 valence electrons. The Morgan fingerprint density at radius 1 is 1.10 bits per heavy atom. The Balaban J connectivity index is 1.45. The lowest BCUT2D eigenvalue weighted by Crippen LogP contribution is -2.64. The van der Waals surface area contributed by atoms with Gasteiger partial charge in [0.15, 0.2) is 0 Å². The third-order valence-corrected chi connectivity index (χ3v) is 4.54. The minimum Gasteiger partial charge on any atom is -0.310 e. The van der Waals surface area contributed by atoms with Gasteiger partial charge in [0.25, 0.3) is 0 Å². The SMILES string of the molecule is CC(C)(C)NC1(C)CC(NC2CC2c2ccccc2)C1. The number of benzene rings is 1. The molecular weight excluding hydrogens is 244 g/mol. The molecule has 2 saturated carbocycles. The van der Waals surface area contributed by atoms with Gasteiger partial charge in [0.05, 0.1) is 0 Å². The van der Waals surface area contributed by atoms with Gasteiger partial charge in [-0.2, -0.15) is 0 Å². The fourth-order valence-electron chi connectivity index (χ4n) is 3.90. The van der Waals surface area contributed by atoms with Crippen molar-refractivity contribution in [1.29, 1.82) is 0 Å². The molecule has 0 saturated heterocycles. The van der Waals surface area contributed by atoms with Crippen molar-refractivity contribution in [3.8, 4) is 0 Å². The summed E-state index contributed by atoms with van der Waals surface area (Å²) in [6.45, 7) is 9.12. The second kappa shape index (κ2) is 4.85. The summed E-state index contributed by atoms with van der Waals surface area (Å²) in [5, 5.41) is 7.60. The van der Waals surface area contributed by atoms with E-state index in [2.05, 4.69) is 68.7 Å². The van der Waals surface area contributed by atoms with Gasteiger partial charge >= 0.3 is 0 Å². The highest BCUT2D eigenvalue weighted by atomic mass is 15.1. The number of rotatable bonds is 4. The van der Waals surface area contributed by atoms with Gasteiger partial charge in [0, 0.05) is 29.1 Å². The molecule has 20 heavy (non-hydrogen) atoms. The van der Waals surface area contributed by atoms with Gasteiger partial charge in [-0.1, -0.05) is 30.3 Å². The average molecular weight is 272 g/mol. The summed E-state index contributed by atoms with van der Waals surface area (Å²) in [6, 6.07) is 12.3. The lowest BCUT2D eigenvalue weighted by Gasteiger charge is -2.50. The Morgan fingerprint density at radius 3 is 2.35 bits per heavy atom. The third-order valence-electron chi connectivity index (χ3n) is 4.54. The van der Waals surface area contributed by atoms with Gasteiger partial charge in [0.1, 0.15) is 0 Å². The van der Waals surface area contributed by atoms with Crippen molar-refractivity contribution in [2.45, 2.75) is 76.0 Å². The van der Waals surface area contributed by atoms with E-state index in [1.807, 2.05) is 0 Å². The summed E-state index contributed by atoms with van der Waals surface area (Å²) in [5.41, 5.74) is 2.04. The second-order valence-corrected chi connectivity index (χ2v) is 8.07. The molecule has 2 heteroatoms. The predicted octanol–water partition coefficient (Wildman–Crippen LogP) is 3.44. The molecule has 1 aromatic rings. The Labute approximate surface area is 123 Å². The van der Waals surface area contributed by atoms with E-state index in [0.29, 0.717) is 17.6 Å². The van der Waals surface area contributed by atoms with E-state index >= 15 is 0 Å². The monoisotopic (exact) mass is 272 g/mol. The van der Waals surface area contributed by atoms with Crippen molar-refractivity contribution >= 4 is 0 Å². The molecule has 2 fully saturated rings. The maximum absolute atomic E-state index is 3.84. The first-order valence-electron chi connectivity index (χ1n) is 7.95. The quantitative estimate of drug-likeness (QED) is 0.877. The minimum atomic E-state index is 0.214. The van der Waals surface area contributed by atoms with Crippen LogP contribution in [0.15, 0.2) is 30.3 Å². The second-order valence-electron chi connectivity index (χ2n) is 8.07. The number of nitrogens with one attached hydrogen (secondary N) is 2. The van der Waals surface area contributed by atoms with E-state index < -0.39 is 0 Å². The zero-order valence-corrected chi connectivity index (χ0v) is 13.2. The molecule has 3 rings (SSSR count). The molecule has 2 unspecified atom stereocenters. The summed E-state index contributed by atoms with van der Waals surface area (Å²) >= 11 is 0. The summed E-state index contributed by atoms with van der Waals surface area (Å²) in [5.74, 6) is 0.749. The van der Waals surface area contributed by atoms with Crippen LogP contribution in [0, 0.1) is 0 Å². The molecule has 0 heterocycles. The summed E-state index contributed by atoms with van der Waals surface area (Å²) in [7, 11) is 0. The molecular formula is C18H28N2. The molecule has 0 bridgehead atoms. The maximum atomic E-state index is 3.84. The molecule has 2 N–H and O–H groups in total. The topological polar surface area (TPSA) is 24.1 Å². The van der Waals surface area contributed by atoms with Crippen molar-refractivity contribution in [1.82, 2.24) is 10.6 Å². The van der Waals surface area contributed by atoms with E-state index in [1.54, 1.807) is 0 Å². The van der Waals surface area contributed by atoms with Gasteiger partial charge in [-0.15, -0.1) is 0 Å². The van der Waals surface area contributed by atoms with Crippen LogP contribution in [0.4, 0.5) is 0 Å². The molecule has 0 radical (unpaired) electrons. The van der Waals surface area contributed by atoms with Gasteiger partial charge in [-0.05, 0) is 52.5 Å². The number of hydrogen-bond donors (Lipinski definition) is 2. The normalized spacial score (nSPS) is 36.5. The first kappa shape index (κ1) is 14.1. The molecule has 2 atom stereocenters. The lowest BCUT2D eigenvalue weighted by atomic mass is 9.72. The Kier molecular flexibility index (Phi) is 3.42. The lowest BCUT2D eigenvalue weighted by molar-refractivity contribution is 0.114. The fraction of sp³-hybridized carbons (Fsp3) is 0.667. The standard InChI is InChI=1S/C18H28N2/c1-17(2,3)20-18(4)11-14(12-18)19-16-10-15(16)13-8-6-5-7-9-13/h5-9,14-16,19-20H,10-12H2,1-4H3. The number of hydrogen-bond acceptors (Lipinski definition) is 2. The van der Waals surface area contributed by atoms with Crippen LogP contribution in [-0.4, -0.2) is 23.2 Å². The molecule has 0 spiro atoms. The van der Waals surface area contributed by atoms with Crippen LogP contribution >= 0.6 is 0 Å². The molecule has 2 nitrogen and oxygen atoms in total. The Morgan fingerprint density at radius 2 is 1.75 bits per heavy atom. The van der Waals surface area contributed by atoms with Crippen LogP contribution in [0.1, 0.15) is 58.4 Å². The van der Waals surface area contributed by atoms with E-state index in [1.165, 1.54) is 24.8 Å². The van der Waals surface area contributed by atoms with Gasteiger partial charge in [-0.3, -0.25) is 0 Å². The first-order valence-corrected chi connectivity index (χ1v) is 7.95. The van der Waals surface area contributed by atoms with Crippen LogP contribution < -0.4 is 10.6 Å². The Bertz CT molecular complexity index is 454. The summed E-state index contributed by atoms with van der Waals surface area (Å²) in [4.78, 5) is 0. The third kappa shape index (κ3) is 3.24. The van der Waals surface area contributed by atoms with Crippen LogP contribution in [0.3, 0.4) is 0 Å². The highest BCUT2D eigenvalue weighted by molar-refractivity contribution is 5.28. The average Bonchev–Trinajstić information content (AvgIpc) is 3.05. The smallest absolute Gasteiger partial charge is 0.0187 e. The highest BCUT2D eigenvalue weighted by Gasteiger charge is 2.46. The highest BCUT2D eigenvalue weighted by Crippen LogP contribution is 2.43. The van der Waals surface area contributed by atoms with Crippen LogP contribution in [0.25, 0.3) is 0 Å². The minimum absolute atomic E-state index is 0.214. The zero-order valence-electron chi connectivity index (χ0n) is 13.2. The van der Waals surface area contributed by atoms with Crippen molar-refractivity contribution in [2.75, 3.05) is 0 Å². The van der Waals surface area contributed by atoms with Gasteiger partial charge in [-0.25, -0.2) is 0 Å². The zero-order chi connectivity index (χ0) is 14.4. The predicted molar refractivity (Wildman–Crippen MR) is 85.0 cm³/mol. The summed E-state index contributed by atoms with van der Waals surface area (Å²) in [6.07, 6.45) is 3.81. The fourth-order valence-corrected chi connectivity index (χ4v) is 3.90. The largest absolute Gasteiger partial charge is 0.310 e. The Hall–Kier alpha value is -0.860.